The Hall–Kier alpha value is -0.930. The van der Waals surface area contributed by atoms with Crippen LogP contribution < -0.4 is 5.32 Å². The lowest BCUT2D eigenvalue weighted by atomic mass is 10.1. The molecule has 0 saturated heterocycles. The summed E-state index contributed by atoms with van der Waals surface area (Å²) in [5.41, 5.74) is 1.13. The Kier molecular flexibility index (Phi) is 5.19. The third kappa shape index (κ3) is 4.35. The number of nitrogens with one attached hydrogen (secondary N) is 1. The van der Waals surface area contributed by atoms with Crippen LogP contribution in [0, 0.1) is 5.82 Å². The SMILES string of the molecule is OCCCNCCc1ccc(F)cc1. The van der Waals surface area contributed by atoms with Crippen LogP contribution in [0.3, 0.4) is 0 Å². The minimum Gasteiger partial charge on any atom is -0.396 e. The monoisotopic (exact) mass is 197 g/mol. The third-order valence-corrected chi connectivity index (χ3v) is 2.02. The third-order valence-electron chi connectivity index (χ3n) is 2.02. The summed E-state index contributed by atoms with van der Waals surface area (Å²) in [5.74, 6) is -0.193. The lowest BCUT2D eigenvalue weighted by molar-refractivity contribution is 0.286. The van der Waals surface area contributed by atoms with Crippen molar-refractivity contribution < 1.29 is 9.50 Å². The van der Waals surface area contributed by atoms with Gasteiger partial charge in [0.25, 0.3) is 0 Å². The van der Waals surface area contributed by atoms with Crippen LogP contribution in [0.1, 0.15) is 12.0 Å². The zero-order chi connectivity index (χ0) is 10.2. The Morgan fingerprint density at radius 2 is 1.86 bits per heavy atom. The molecule has 1 rings (SSSR count). The van der Waals surface area contributed by atoms with Gasteiger partial charge in [-0.25, -0.2) is 4.39 Å². The first-order valence-corrected chi connectivity index (χ1v) is 4.89. The molecule has 0 aliphatic carbocycles. The van der Waals surface area contributed by atoms with Crippen LogP contribution in [-0.4, -0.2) is 24.8 Å². The van der Waals surface area contributed by atoms with Gasteiger partial charge >= 0.3 is 0 Å². The van der Waals surface area contributed by atoms with Crippen LogP contribution in [-0.2, 0) is 6.42 Å². The topological polar surface area (TPSA) is 32.3 Å². The molecule has 1 aromatic rings. The first-order valence-electron chi connectivity index (χ1n) is 4.89. The Balaban J connectivity index is 2.15. The van der Waals surface area contributed by atoms with Gasteiger partial charge in [-0.2, -0.15) is 0 Å². The number of benzene rings is 1. The minimum absolute atomic E-state index is 0.193. The average Bonchev–Trinajstić information content (AvgIpc) is 2.21. The van der Waals surface area contributed by atoms with E-state index >= 15 is 0 Å². The molecular weight excluding hydrogens is 181 g/mol. The maximum atomic E-state index is 12.5. The van der Waals surface area contributed by atoms with Gasteiger partial charge in [-0.1, -0.05) is 12.1 Å². The van der Waals surface area contributed by atoms with Crippen LogP contribution in [0.2, 0.25) is 0 Å². The van der Waals surface area contributed by atoms with Crippen molar-refractivity contribution in [1.29, 1.82) is 0 Å². The number of rotatable bonds is 6. The van der Waals surface area contributed by atoms with Crippen molar-refractivity contribution in [3.8, 4) is 0 Å². The van der Waals surface area contributed by atoms with Crippen molar-refractivity contribution >= 4 is 0 Å². The van der Waals surface area contributed by atoms with Gasteiger partial charge in [0.05, 0.1) is 0 Å². The summed E-state index contributed by atoms with van der Waals surface area (Å²) in [7, 11) is 0. The fourth-order valence-corrected chi connectivity index (χ4v) is 1.21. The summed E-state index contributed by atoms with van der Waals surface area (Å²) in [6.45, 7) is 1.92. The van der Waals surface area contributed by atoms with E-state index < -0.39 is 0 Å². The van der Waals surface area contributed by atoms with E-state index in [1.54, 1.807) is 12.1 Å². The highest BCUT2D eigenvalue weighted by Crippen LogP contribution is 2.02. The number of halogens is 1. The number of hydrogen-bond donors (Lipinski definition) is 2. The lowest BCUT2D eigenvalue weighted by Crippen LogP contribution is -2.19. The summed E-state index contributed by atoms with van der Waals surface area (Å²) in [4.78, 5) is 0. The van der Waals surface area contributed by atoms with E-state index in [1.165, 1.54) is 12.1 Å². The quantitative estimate of drug-likeness (QED) is 0.674. The van der Waals surface area contributed by atoms with E-state index in [1.807, 2.05) is 0 Å². The molecule has 2 N–H and O–H groups in total. The molecule has 0 aliphatic rings. The summed E-state index contributed by atoms with van der Waals surface area (Å²) in [6.07, 6.45) is 1.68. The molecule has 0 aromatic heterocycles. The van der Waals surface area contributed by atoms with Crippen molar-refractivity contribution in [2.45, 2.75) is 12.8 Å². The van der Waals surface area contributed by atoms with Crippen LogP contribution in [0.4, 0.5) is 4.39 Å². The molecule has 0 unspecified atom stereocenters. The normalized spacial score (nSPS) is 10.4. The fraction of sp³-hybridized carbons (Fsp3) is 0.455. The molecule has 14 heavy (non-hydrogen) atoms. The van der Waals surface area contributed by atoms with Crippen molar-refractivity contribution in [2.24, 2.45) is 0 Å². The highest BCUT2D eigenvalue weighted by molar-refractivity contribution is 5.16. The van der Waals surface area contributed by atoms with Crippen LogP contribution in [0.5, 0.6) is 0 Å². The van der Waals surface area contributed by atoms with E-state index in [4.69, 9.17) is 5.11 Å². The standard InChI is InChI=1S/C11H16FNO/c12-11-4-2-10(3-5-11)6-8-13-7-1-9-14/h2-5,13-14H,1,6-9H2. The highest BCUT2D eigenvalue weighted by atomic mass is 19.1. The number of aliphatic hydroxyl groups is 1. The van der Waals surface area contributed by atoms with E-state index in [-0.39, 0.29) is 12.4 Å². The van der Waals surface area contributed by atoms with E-state index in [0.717, 1.165) is 31.5 Å². The van der Waals surface area contributed by atoms with Gasteiger partial charge in [0.15, 0.2) is 0 Å². The summed E-state index contributed by atoms with van der Waals surface area (Å²) in [5, 5.41) is 11.7. The zero-order valence-electron chi connectivity index (χ0n) is 8.17. The van der Waals surface area contributed by atoms with Gasteiger partial charge in [-0.05, 0) is 43.6 Å². The maximum Gasteiger partial charge on any atom is 0.123 e. The highest BCUT2D eigenvalue weighted by Gasteiger charge is 1.93. The Labute approximate surface area is 83.8 Å². The van der Waals surface area contributed by atoms with E-state index in [0.29, 0.717) is 0 Å². The molecule has 0 atom stereocenters. The summed E-state index contributed by atoms with van der Waals surface area (Å²) < 4.78 is 12.5. The second-order valence-electron chi connectivity index (χ2n) is 3.20. The van der Waals surface area contributed by atoms with Crippen molar-refractivity contribution in [1.82, 2.24) is 5.32 Å². The second kappa shape index (κ2) is 6.51. The van der Waals surface area contributed by atoms with Crippen molar-refractivity contribution in [3.05, 3.63) is 35.6 Å². The molecule has 2 nitrogen and oxygen atoms in total. The van der Waals surface area contributed by atoms with Crippen LogP contribution in [0.15, 0.2) is 24.3 Å². The fourth-order valence-electron chi connectivity index (χ4n) is 1.21. The number of aliphatic hydroxyl groups excluding tert-OH is 1. The molecular formula is C11H16FNO. The largest absolute Gasteiger partial charge is 0.396 e. The molecule has 0 bridgehead atoms. The predicted molar refractivity (Wildman–Crippen MR) is 54.7 cm³/mol. The molecule has 0 aliphatic heterocycles. The van der Waals surface area contributed by atoms with Crippen molar-refractivity contribution in [3.63, 3.8) is 0 Å². The lowest BCUT2D eigenvalue weighted by Gasteiger charge is -2.03. The van der Waals surface area contributed by atoms with Gasteiger partial charge in [-0.15, -0.1) is 0 Å². The number of hydrogen-bond acceptors (Lipinski definition) is 2. The minimum atomic E-state index is -0.193. The molecule has 3 heteroatoms. The van der Waals surface area contributed by atoms with Gasteiger partial charge in [0.1, 0.15) is 5.82 Å². The first kappa shape index (κ1) is 11.1. The zero-order valence-corrected chi connectivity index (χ0v) is 8.17. The average molecular weight is 197 g/mol. The predicted octanol–water partition coefficient (Wildman–Crippen LogP) is 1.34. The molecule has 1 aromatic carbocycles. The Morgan fingerprint density at radius 3 is 2.50 bits per heavy atom. The molecule has 0 spiro atoms. The van der Waals surface area contributed by atoms with Gasteiger partial charge in [0, 0.05) is 6.61 Å². The molecule has 0 heterocycles. The molecule has 0 amide bonds. The smallest absolute Gasteiger partial charge is 0.123 e. The summed E-state index contributed by atoms with van der Waals surface area (Å²) in [6, 6.07) is 6.54. The second-order valence-corrected chi connectivity index (χ2v) is 3.20. The first-order chi connectivity index (χ1) is 6.83. The molecule has 0 radical (unpaired) electrons. The van der Waals surface area contributed by atoms with Gasteiger partial charge in [0.2, 0.25) is 0 Å². The van der Waals surface area contributed by atoms with Crippen molar-refractivity contribution in [2.75, 3.05) is 19.7 Å². The van der Waals surface area contributed by atoms with E-state index in [9.17, 15) is 4.39 Å². The van der Waals surface area contributed by atoms with Crippen LogP contribution >= 0.6 is 0 Å². The molecule has 0 fully saturated rings. The maximum absolute atomic E-state index is 12.5. The van der Waals surface area contributed by atoms with Gasteiger partial charge < -0.3 is 10.4 Å². The van der Waals surface area contributed by atoms with E-state index in [2.05, 4.69) is 5.32 Å². The summed E-state index contributed by atoms with van der Waals surface area (Å²) >= 11 is 0. The van der Waals surface area contributed by atoms with Gasteiger partial charge in [-0.3, -0.25) is 0 Å². The molecule has 0 saturated carbocycles. The molecule has 78 valence electrons. The van der Waals surface area contributed by atoms with Crippen LogP contribution in [0.25, 0.3) is 0 Å². The Morgan fingerprint density at radius 1 is 1.14 bits per heavy atom. The Bertz CT molecular complexity index is 248.